The van der Waals surface area contributed by atoms with Gasteiger partial charge in [0, 0.05) is 36.5 Å². The molecule has 2 heterocycles. The molecule has 4 rings (SSSR count). The van der Waals surface area contributed by atoms with E-state index in [4.69, 9.17) is 11.6 Å². The van der Waals surface area contributed by atoms with Crippen LogP contribution in [0.1, 0.15) is 34.8 Å². The number of nitrogens with zero attached hydrogens (tertiary/aromatic N) is 2. The van der Waals surface area contributed by atoms with E-state index in [2.05, 4.69) is 77.2 Å². The normalized spacial score (nSPS) is 17.9. The van der Waals surface area contributed by atoms with Gasteiger partial charge < -0.3 is 4.57 Å². The lowest BCUT2D eigenvalue weighted by atomic mass is 10.0. The van der Waals surface area contributed by atoms with Crippen molar-refractivity contribution in [3.05, 3.63) is 94.3 Å². The third kappa shape index (κ3) is 3.51. The van der Waals surface area contributed by atoms with E-state index in [-0.39, 0.29) is 6.04 Å². The molecular formula is C22H23ClN2. The van der Waals surface area contributed by atoms with E-state index in [1.165, 1.54) is 22.4 Å². The Morgan fingerprint density at radius 1 is 1.00 bits per heavy atom. The summed E-state index contributed by atoms with van der Waals surface area (Å²) in [5, 5.41) is 0.801. The van der Waals surface area contributed by atoms with Crippen LogP contribution in [-0.4, -0.2) is 16.0 Å². The van der Waals surface area contributed by atoms with Crippen LogP contribution in [0.15, 0.2) is 66.9 Å². The Bertz CT molecular complexity index is 868. The van der Waals surface area contributed by atoms with Gasteiger partial charge in [0.15, 0.2) is 0 Å². The summed E-state index contributed by atoms with van der Waals surface area (Å²) in [5.41, 5.74) is 5.30. The number of fused-ring (bicyclic) bond motifs is 1. The lowest BCUT2D eigenvalue weighted by Crippen LogP contribution is -2.29. The molecule has 0 N–H and O–H groups in total. The predicted octanol–water partition coefficient (Wildman–Crippen LogP) is 5.45. The first-order valence-electron chi connectivity index (χ1n) is 8.91. The standard InChI is InChI=1S/C22H23ClN2/c1-17-6-2-7-18(14-17)16-25-13-5-12-24-11-4-10-21(24)22(25)19-8-3-9-20(23)15-19/h2-4,6-11,14-15,22H,5,12-13,16H2,1H3. The van der Waals surface area contributed by atoms with Crippen molar-refractivity contribution in [2.45, 2.75) is 32.5 Å². The van der Waals surface area contributed by atoms with Gasteiger partial charge in [0.25, 0.3) is 0 Å². The molecule has 0 fully saturated rings. The van der Waals surface area contributed by atoms with Crippen LogP contribution in [0.25, 0.3) is 0 Å². The smallest absolute Gasteiger partial charge is 0.0759 e. The third-order valence-corrected chi connectivity index (χ3v) is 5.22. The minimum Gasteiger partial charge on any atom is -0.350 e. The second kappa shape index (κ2) is 7.07. The molecule has 128 valence electrons. The molecule has 1 unspecified atom stereocenters. The molecule has 0 bridgehead atoms. The van der Waals surface area contributed by atoms with E-state index in [1.54, 1.807) is 0 Å². The van der Waals surface area contributed by atoms with Crippen molar-refractivity contribution < 1.29 is 0 Å². The molecule has 2 aromatic carbocycles. The molecule has 1 atom stereocenters. The Hall–Kier alpha value is -2.03. The lowest BCUT2D eigenvalue weighted by molar-refractivity contribution is 0.220. The number of hydrogen-bond acceptors (Lipinski definition) is 1. The minimum absolute atomic E-state index is 0.233. The Morgan fingerprint density at radius 3 is 2.72 bits per heavy atom. The van der Waals surface area contributed by atoms with Gasteiger partial charge in [-0.1, -0.05) is 53.6 Å². The van der Waals surface area contributed by atoms with Crippen molar-refractivity contribution in [2.24, 2.45) is 0 Å². The van der Waals surface area contributed by atoms with Gasteiger partial charge >= 0.3 is 0 Å². The summed E-state index contributed by atoms with van der Waals surface area (Å²) in [5.74, 6) is 0. The Labute approximate surface area is 154 Å². The molecule has 3 heteroatoms. The molecular weight excluding hydrogens is 328 g/mol. The SMILES string of the molecule is Cc1cccc(CN2CCCn3cccc3C2c2cccc(Cl)c2)c1. The maximum Gasteiger partial charge on any atom is 0.0759 e. The van der Waals surface area contributed by atoms with Gasteiger partial charge in [0.2, 0.25) is 0 Å². The summed E-state index contributed by atoms with van der Waals surface area (Å²) in [6.45, 7) is 5.26. The number of rotatable bonds is 3. The van der Waals surface area contributed by atoms with Crippen molar-refractivity contribution in [1.82, 2.24) is 9.47 Å². The average molecular weight is 351 g/mol. The third-order valence-electron chi connectivity index (χ3n) is 4.99. The van der Waals surface area contributed by atoms with Gasteiger partial charge in [0.1, 0.15) is 0 Å². The maximum atomic E-state index is 6.31. The fourth-order valence-electron chi connectivity index (χ4n) is 3.91. The van der Waals surface area contributed by atoms with Gasteiger partial charge in [-0.2, -0.15) is 0 Å². The van der Waals surface area contributed by atoms with Crippen molar-refractivity contribution in [3.8, 4) is 0 Å². The molecule has 1 aliphatic rings. The summed E-state index contributed by atoms with van der Waals surface area (Å²) >= 11 is 6.31. The van der Waals surface area contributed by atoms with E-state index >= 15 is 0 Å². The quantitative estimate of drug-likeness (QED) is 0.610. The maximum absolute atomic E-state index is 6.31. The van der Waals surface area contributed by atoms with Gasteiger partial charge in [-0.05, 0) is 48.7 Å². The van der Waals surface area contributed by atoms with Gasteiger partial charge in [-0.3, -0.25) is 4.90 Å². The Balaban J connectivity index is 1.75. The zero-order valence-corrected chi connectivity index (χ0v) is 15.3. The summed E-state index contributed by atoms with van der Waals surface area (Å²) in [4.78, 5) is 2.58. The summed E-state index contributed by atoms with van der Waals surface area (Å²) in [6, 6.07) is 21.8. The molecule has 0 saturated heterocycles. The number of hydrogen-bond donors (Lipinski definition) is 0. The van der Waals surface area contributed by atoms with E-state index in [0.717, 1.165) is 31.1 Å². The van der Waals surface area contributed by atoms with E-state index < -0.39 is 0 Å². The Morgan fingerprint density at radius 2 is 1.88 bits per heavy atom. The van der Waals surface area contributed by atoms with Gasteiger partial charge in [0.05, 0.1) is 6.04 Å². The molecule has 1 aromatic heterocycles. The second-order valence-corrected chi connectivity index (χ2v) is 7.33. The van der Waals surface area contributed by atoms with Crippen LogP contribution < -0.4 is 0 Å². The molecule has 0 aliphatic carbocycles. The summed E-state index contributed by atoms with van der Waals surface area (Å²) < 4.78 is 2.39. The molecule has 0 amide bonds. The molecule has 0 saturated carbocycles. The zero-order chi connectivity index (χ0) is 17.2. The molecule has 3 aromatic rings. The van der Waals surface area contributed by atoms with Gasteiger partial charge in [-0.15, -0.1) is 0 Å². The van der Waals surface area contributed by atoms with Crippen LogP contribution in [0, 0.1) is 6.92 Å². The highest BCUT2D eigenvalue weighted by molar-refractivity contribution is 6.30. The molecule has 25 heavy (non-hydrogen) atoms. The highest BCUT2D eigenvalue weighted by Crippen LogP contribution is 2.34. The van der Waals surface area contributed by atoms with Crippen LogP contribution >= 0.6 is 11.6 Å². The highest BCUT2D eigenvalue weighted by Gasteiger charge is 2.27. The van der Waals surface area contributed by atoms with Crippen LogP contribution in [-0.2, 0) is 13.1 Å². The van der Waals surface area contributed by atoms with Crippen LogP contribution in [0.5, 0.6) is 0 Å². The average Bonchev–Trinajstić information content (AvgIpc) is 2.96. The van der Waals surface area contributed by atoms with Crippen molar-refractivity contribution in [1.29, 1.82) is 0 Å². The van der Waals surface area contributed by atoms with E-state index in [9.17, 15) is 0 Å². The number of halogens is 1. The second-order valence-electron chi connectivity index (χ2n) is 6.90. The van der Waals surface area contributed by atoms with Crippen LogP contribution in [0.3, 0.4) is 0 Å². The molecule has 0 spiro atoms. The first-order valence-corrected chi connectivity index (χ1v) is 9.28. The topological polar surface area (TPSA) is 8.17 Å². The molecule has 1 aliphatic heterocycles. The monoisotopic (exact) mass is 350 g/mol. The highest BCUT2D eigenvalue weighted by atomic mass is 35.5. The number of aromatic nitrogens is 1. The first-order chi connectivity index (χ1) is 12.2. The van der Waals surface area contributed by atoms with Crippen molar-refractivity contribution >= 4 is 11.6 Å². The van der Waals surface area contributed by atoms with E-state index in [1.807, 2.05) is 6.07 Å². The van der Waals surface area contributed by atoms with Crippen molar-refractivity contribution in [2.75, 3.05) is 6.54 Å². The van der Waals surface area contributed by atoms with Crippen LogP contribution in [0.4, 0.5) is 0 Å². The Kier molecular flexibility index (Phi) is 4.65. The fourth-order valence-corrected chi connectivity index (χ4v) is 4.11. The zero-order valence-electron chi connectivity index (χ0n) is 14.5. The summed E-state index contributed by atoms with van der Waals surface area (Å²) in [7, 11) is 0. The predicted molar refractivity (Wildman–Crippen MR) is 104 cm³/mol. The minimum atomic E-state index is 0.233. The number of aryl methyl sites for hydroxylation is 2. The fraction of sp³-hybridized carbons (Fsp3) is 0.273. The van der Waals surface area contributed by atoms with E-state index in [0.29, 0.717) is 0 Å². The summed E-state index contributed by atoms with van der Waals surface area (Å²) in [6.07, 6.45) is 3.35. The first kappa shape index (κ1) is 16.4. The van der Waals surface area contributed by atoms with Gasteiger partial charge in [-0.25, -0.2) is 0 Å². The molecule has 0 radical (unpaired) electrons. The van der Waals surface area contributed by atoms with Crippen molar-refractivity contribution in [3.63, 3.8) is 0 Å². The molecule has 2 nitrogen and oxygen atoms in total. The largest absolute Gasteiger partial charge is 0.350 e. The lowest BCUT2D eigenvalue weighted by Gasteiger charge is -2.31. The number of benzene rings is 2. The van der Waals surface area contributed by atoms with Crippen LogP contribution in [0.2, 0.25) is 5.02 Å².